The summed E-state index contributed by atoms with van der Waals surface area (Å²) in [5.74, 6) is -4.15. The summed E-state index contributed by atoms with van der Waals surface area (Å²) in [5, 5.41) is 31.9. The summed E-state index contributed by atoms with van der Waals surface area (Å²) in [4.78, 5) is 65.5. The predicted molar refractivity (Wildman–Crippen MR) is 214 cm³/mol. The largest absolute Gasteiger partial charge is 0.493 e. The second-order valence-corrected chi connectivity index (χ2v) is 18.4. The number of ether oxygens (including phenoxy) is 1. The molecule has 0 radical (unpaired) electrons. The van der Waals surface area contributed by atoms with E-state index in [-0.39, 0.29) is 60.8 Å². The maximum absolute atomic E-state index is 14.1. The standard InChI is InChI=1S/C42H60N4O10S/c1-26(2)17-34(41(52)45-33(18-28-11-7-5-8-12-28)36(47)22-38(48)43-23-27(3)4)46-42(53)35(19-29-13-9-6-10-14-29)44-39(49)20-30-24-56-37-16-15-31(21-32(30)37)57(54,55)25-40(50)51/h6,9-10,13-16,21,26-28,30,33-36,47H,5,7-8,11-12,17-20,22-25H2,1-4H3,(H,43,48)(H,44,49)(H,45,52)(H,46,53)(H,50,51)/t30?,33-,34-,35-,36-/m0/s1. The zero-order chi connectivity index (χ0) is 41.7. The maximum atomic E-state index is 14.1. The third kappa shape index (κ3) is 14.4. The fraction of sp³-hybridized carbons (Fsp3) is 0.595. The summed E-state index contributed by atoms with van der Waals surface area (Å²) in [5.41, 5.74) is 1.20. The van der Waals surface area contributed by atoms with Crippen molar-refractivity contribution in [1.29, 1.82) is 0 Å². The van der Waals surface area contributed by atoms with Gasteiger partial charge in [0, 0.05) is 30.9 Å². The van der Waals surface area contributed by atoms with Crippen LogP contribution in [0.25, 0.3) is 0 Å². The number of carbonyl (C=O) groups excluding carboxylic acids is 4. The number of sulfone groups is 1. The number of benzene rings is 2. The van der Waals surface area contributed by atoms with E-state index in [9.17, 15) is 37.5 Å². The molecule has 4 rings (SSSR count). The van der Waals surface area contributed by atoms with Gasteiger partial charge >= 0.3 is 5.97 Å². The molecular formula is C42H60N4O10S. The average molecular weight is 813 g/mol. The second kappa shape index (κ2) is 21.3. The van der Waals surface area contributed by atoms with E-state index in [0.717, 1.165) is 37.7 Å². The van der Waals surface area contributed by atoms with Crippen LogP contribution >= 0.6 is 0 Å². The molecule has 5 atom stereocenters. The molecule has 0 aromatic heterocycles. The quantitative estimate of drug-likeness (QED) is 0.108. The first-order chi connectivity index (χ1) is 27.0. The van der Waals surface area contributed by atoms with Crippen molar-refractivity contribution in [3.63, 3.8) is 0 Å². The third-order valence-corrected chi connectivity index (χ3v) is 12.0. The Morgan fingerprint density at radius 1 is 0.842 bits per heavy atom. The number of hydrogen-bond donors (Lipinski definition) is 6. The molecule has 6 N–H and O–H groups in total. The van der Waals surface area contributed by atoms with E-state index in [1.165, 1.54) is 18.2 Å². The Kier molecular flexibility index (Phi) is 16.9. The van der Waals surface area contributed by atoms with Crippen LogP contribution in [-0.4, -0.2) is 91.4 Å². The number of nitrogens with one attached hydrogen (secondary N) is 4. The highest BCUT2D eigenvalue weighted by Crippen LogP contribution is 2.37. The Balaban J connectivity index is 1.51. The van der Waals surface area contributed by atoms with Gasteiger partial charge in [-0.1, -0.05) is 90.1 Å². The molecule has 15 heteroatoms. The molecule has 1 saturated carbocycles. The van der Waals surface area contributed by atoms with Gasteiger partial charge in [-0.25, -0.2) is 8.42 Å². The molecule has 1 unspecified atom stereocenters. The van der Waals surface area contributed by atoms with Gasteiger partial charge in [0.05, 0.1) is 30.1 Å². The van der Waals surface area contributed by atoms with Gasteiger partial charge in [0.2, 0.25) is 23.6 Å². The van der Waals surface area contributed by atoms with E-state index in [1.54, 1.807) is 0 Å². The van der Waals surface area contributed by atoms with Crippen LogP contribution in [0.1, 0.15) is 103 Å². The maximum Gasteiger partial charge on any atom is 0.319 e. The molecule has 2 aromatic carbocycles. The van der Waals surface area contributed by atoms with Gasteiger partial charge in [0.15, 0.2) is 15.6 Å². The minimum atomic E-state index is -4.13. The molecule has 1 aliphatic heterocycles. The van der Waals surface area contributed by atoms with Crippen molar-refractivity contribution in [2.24, 2.45) is 17.8 Å². The van der Waals surface area contributed by atoms with Gasteiger partial charge in [0.25, 0.3) is 0 Å². The smallest absolute Gasteiger partial charge is 0.319 e. The summed E-state index contributed by atoms with van der Waals surface area (Å²) in [6, 6.07) is 10.3. The molecule has 1 heterocycles. The molecule has 2 aliphatic rings. The van der Waals surface area contributed by atoms with Crippen molar-refractivity contribution in [2.75, 3.05) is 18.9 Å². The summed E-state index contributed by atoms with van der Waals surface area (Å²) in [6.07, 6.45) is 4.61. The molecule has 2 aromatic rings. The van der Waals surface area contributed by atoms with Crippen LogP contribution in [0.15, 0.2) is 53.4 Å². The molecule has 4 amide bonds. The van der Waals surface area contributed by atoms with Gasteiger partial charge in [-0.05, 0) is 54.4 Å². The fourth-order valence-electron chi connectivity index (χ4n) is 7.48. The molecule has 14 nitrogen and oxygen atoms in total. The first-order valence-electron chi connectivity index (χ1n) is 20.1. The molecule has 1 fully saturated rings. The topological polar surface area (TPSA) is 217 Å². The lowest BCUT2D eigenvalue weighted by Crippen LogP contribution is -2.57. The molecule has 0 spiro atoms. The zero-order valence-electron chi connectivity index (χ0n) is 33.5. The monoisotopic (exact) mass is 812 g/mol. The Bertz CT molecular complexity index is 1800. The van der Waals surface area contributed by atoms with Crippen LogP contribution in [0.2, 0.25) is 0 Å². The average Bonchev–Trinajstić information content (AvgIpc) is 3.54. The van der Waals surface area contributed by atoms with Gasteiger partial charge < -0.3 is 36.2 Å². The summed E-state index contributed by atoms with van der Waals surface area (Å²) in [7, 11) is -4.13. The summed E-state index contributed by atoms with van der Waals surface area (Å²) < 4.78 is 31.0. The number of fused-ring (bicyclic) bond motifs is 1. The van der Waals surface area contributed by atoms with Gasteiger partial charge in [-0.2, -0.15) is 0 Å². The molecule has 0 bridgehead atoms. The summed E-state index contributed by atoms with van der Waals surface area (Å²) in [6.45, 7) is 8.33. The highest BCUT2D eigenvalue weighted by molar-refractivity contribution is 7.92. The van der Waals surface area contributed by atoms with Gasteiger partial charge in [-0.15, -0.1) is 0 Å². The molecular weight excluding hydrogens is 753 g/mol. The number of carboxylic acid groups (broad SMARTS) is 1. The number of amides is 4. The number of aliphatic carboxylic acids is 1. The van der Waals surface area contributed by atoms with E-state index in [0.29, 0.717) is 24.3 Å². The highest BCUT2D eigenvalue weighted by Gasteiger charge is 2.34. The fourth-order valence-corrected chi connectivity index (χ4v) is 8.55. The molecule has 0 saturated heterocycles. The number of aliphatic hydroxyl groups excluding tert-OH is 1. The number of aliphatic hydroxyl groups is 1. The first-order valence-corrected chi connectivity index (χ1v) is 21.8. The van der Waals surface area contributed by atoms with E-state index in [4.69, 9.17) is 9.84 Å². The van der Waals surface area contributed by atoms with Crippen LogP contribution in [0.4, 0.5) is 0 Å². The van der Waals surface area contributed by atoms with E-state index in [1.807, 2.05) is 58.0 Å². The van der Waals surface area contributed by atoms with Crippen molar-refractivity contribution in [3.8, 4) is 5.75 Å². The minimum Gasteiger partial charge on any atom is -0.493 e. The predicted octanol–water partition coefficient (Wildman–Crippen LogP) is 3.65. The van der Waals surface area contributed by atoms with Crippen LogP contribution < -0.4 is 26.0 Å². The lowest BCUT2D eigenvalue weighted by atomic mass is 9.83. The highest BCUT2D eigenvalue weighted by atomic mass is 32.2. The lowest BCUT2D eigenvalue weighted by Gasteiger charge is -2.32. The number of hydrogen-bond acceptors (Lipinski definition) is 9. The Labute approximate surface area is 336 Å². The summed E-state index contributed by atoms with van der Waals surface area (Å²) >= 11 is 0. The van der Waals surface area contributed by atoms with Crippen molar-refractivity contribution in [3.05, 3.63) is 59.7 Å². The van der Waals surface area contributed by atoms with Crippen molar-refractivity contribution in [2.45, 2.75) is 127 Å². The normalized spacial score (nSPS) is 17.8. The third-order valence-electron chi connectivity index (χ3n) is 10.4. The first kappa shape index (κ1) is 45.2. The minimum absolute atomic E-state index is 0.0154. The van der Waals surface area contributed by atoms with Crippen LogP contribution in [0, 0.1) is 17.8 Å². The number of rotatable bonds is 21. The molecule has 314 valence electrons. The SMILES string of the molecule is CC(C)CNC(=O)C[C@H](O)[C@H](CC1CCCCC1)NC(=O)[C@H](CC(C)C)NC(=O)[C@H](Cc1ccccc1)NC(=O)CC1COc2ccc(S(=O)(=O)CC(=O)O)cc21. The number of carbonyl (C=O) groups is 5. The van der Waals surface area contributed by atoms with E-state index >= 15 is 0 Å². The van der Waals surface area contributed by atoms with Crippen LogP contribution in [0.3, 0.4) is 0 Å². The van der Waals surface area contributed by atoms with E-state index < -0.39 is 69.4 Å². The van der Waals surface area contributed by atoms with Crippen LogP contribution in [0.5, 0.6) is 5.75 Å². The molecule has 57 heavy (non-hydrogen) atoms. The lowest BCUT2D eigenvalue weighted by molar-refractivity contribution is -0.134. The van der Waals surface area contributed by atoms with Gasteiger partial charge in [0.1, 0.15) is 17.8 Å². The Morgan fingerprint density at radius 3 is 2.18 bits per heavy atom. The van der Waals surface area contributed by atoms with Crippen molar-refractivity contribution < 1.29 is 47.3 Å². The van der Waals surface area contributed by atoms with Gasteiger partial charge in [-0.3, -0.25) is 24.0 Å². The number of carboxylic acids is 1. The molecule has 1 aliphatic carbocycles. The van der Waals surface area contributed by atoms with Crippen molar-refractivity contribution >= 4 is 39.4 Å². The Morgan fingerprint density at radius 2 is 1.53 bits per heavy atom. The zero-order valence-corrected chi connectivity index (χ0v) is 34.3. The van der Waals surface area contributed by atoms with E-state index in [2.05, 4.69) is 21.3 Å². The second-order valence-electron chi connectivity index (χ2n) is 16.4. The van der Waals surface area contributed by atoms with Crippen molar-refractivity contribution in [1.82, 2.24) is 21.3 Å². The van der Waals surface area contributed by atoms with Crippen LogP contribution in [-0.2, 0) is 40.2 Å². The Hall–Kier alpha value is -4.50.